The number of aromatic nitrogens is 2. The molecule has 8 nitrogen and oxygen atoms in total. The molecule has 0 aliphatic heterocycles. The van der Waals surface area contributed by atoms with E-state index in [1.54, 1.807) is 0 Å². The number of nitrogens with one attached hydrogen (secondary N) is 2. The van der Waals surface area contributed by atoms with Crippen molar-refractivity contribution in [2.75, 3.05) is 9.44 Å². The third kappa shape index (κ3) is 4.90. The van der Waals surface area contributed by atoms with Crippen LogP contribution in [-0.4, -0.2) is 26.8 Å². The zero-order chi connectivity index (χ0) is 20.4. The SMILES string of the molecule is O=S(=O)(Nc1cccc(NS(=O)(=O)c2ccc(Cl)nc2)c1)c1ccc(Cl)nc1. The van der Waals surface area contributed by atoms with Crippen molar-refractivity contribution in [2.24, 2.45) is 0 Å². The summed E-state index contributed by atoms with van der Waals surface area (Å²) in [5.41, 5.74) is 0.314. The van der Waals surface area contributed by atoms with Crippen molar-refractivity contribution in [1.29, 1.82) is 0 Å². The van der Waals surface area contributed by atoms with Crippen LogP contribution in [0.15, 0.2) is 70.7 Å². The molecule has 0 bridgehead atoms. The van der Waals surface area contributed by atoms with E-state index in [0.717, 1.165) is 12.4 Å². The molecule has 2 heterocycles. The van der Waals surface area contributed by atoms with E-state index in [-0.39, 0.29) is 31.5 Å². The number of pyridine rings is 2. The van der Waals surface area contributed by atoms with Crippen LogP contribution in [0, 0.1) is 0 Å². The molecular weight excluding hydrogens is 447 g/mol. The Kier molecular flexibility index (Phi) is 5.75. The predicted octanol–water partition coefficient (Wildman–Crippen LogP) is 3.39. The van der Waals surface area contributed by atoms with Gasteiger partial charge in [0, 0.05) is 12.4 Å². The van der Waals surface area contributed by atoms with Gasteiger partial charge in [-0.2, -0.15) is 0 Å². The first-order valence-corrected chi connectivity index (χ1v) is 11.3. The molecule has 0 radical (unpaired) electrons. The molecule has 0 aliphatic carbocycles. The molecular formula is C16H12Cl2N4O4S2. The summed E-state index contributed by atoms with van der Waals surface area (Å²) in [6.45, 7) is 0. The van der Waals surface area contributed by atoms with Crippen molar-refractivity contribution in [3.8, 4) is 0 Å². The first-order valence-electron chi connectivity index (χ1n) is 7.54. The predicted molar refractivity (Wildman–Crippen MR) is 107 cm³/mol. The molecule has 0 saturated heterocycles. The van der Waals surface area contributed by atoms with E-state index in [0.29, 0.717) is 0 Å². The zero-order valence-corrected chi connectivity index (χ0v) is 17.0. The average Bonchev–Trinajstić information content (AvgIpc) is 2.62. The second-order valence-electron chi connectivity index (χ2n) is 5.43. The number of rotatable bonds is 6. The largest absolute Gasteiger partial charge is 0.280 e. The van der Waals surface area contributed by atoms with Crippen LogP contribution in [0.4, 0.5) is 11.4 Å². The summed E-state index contributed by atoms with van der Waals surface area (Å²) in [6, 6.07) is 11.1. The first-order chi connectivity index (χ1) is 13.2. The number of hydrogen-bond donors (Lipinski definition) is 2. The second-order valence-corrected chi connectivity index (χ2v) is 9.56. The number of hydrogen-bond acceptors (Lipinski definition) is 6. The number of halogens is 2. The Morgan fingerprint density at radius 1 is 0.679 bits per heavy atom. The van der Waals surface area contributed by atoms with Gasteiger partial charge in [-0.1, -0.05) is 29.3 Å². The van der Waals surface area contributed by atoms with Gasteiger partial charge in [-0.25, -0.2) is 26.8 Å². The topological polar surface area (TPSA) is 118 Å². The zero-order valence-electron chi connectivity index (χ0n) is 13.9. The van der Waals surface area contributed by atoms with E-state index in [4.69, 9.17) is 23.2 Å². The third-order valence-corrected chi connectivity index (χ3v) is 6.57. The van der Waals surface area contributed by atoms with E-state index >= 15 is 0 Å². The minimum absolute atomic E-state index is 0.0878. The van der Waals surface area contributed by atoms with Crippen LogP contribution < -0.4 is 9.44 Å². The lowest BCUT2D eigenvalue weighted by molar-refractivity contribution is 0.599. The smallest absolute Gasteiger partial charge is 0.263 e. The summed E-state index contributed by atoms with van der Waals surface area (Å²) in [5.74, 6) is 0. The number of nitrogens with zero attached hydrogens (tertiary/aromatic N) is 2. The Morgan fingerprint density at radius 3 is 1.46 bits per heavy atom. The van der Waals surface area contributed by atoms with Crippen molar-refractivity contribution >= 4 is 54.6 Å². The summed E-state index contributed by atoms with van der Waals surface area (Å²) >= 11 is 11.3. The van der Waals surface area contributed by atoms with Crippen LogP contribution in [0.5, 0.6) is 0 Å². The van der Waals surface area contributed by atoms with Gasteiger partial charge in [0.15, 0.2) is 0 Å². The van der Waals surface area contributed by atoms with Gasteiger partial charge in [0.2, 0.25) is 0 Å². The molecule has 0 atom stereocenters. The van der Waals surface area contributed by atoms with Crippen molar-refractivity contribution in [1.82, 2.24) is 9.97 Å². The van der Waals surface area contributed by atoms with Gasteiger partial charge in [-0.05, 0) is 42.5 Å². The van der Waals surface area contributed by atoms with Gasteiger partial charge in [0.05, 0.1) is 11.4 Å². The van der Waals surface area contributed by atoms with E-state index in [2.05, 4.69) is 19.4 Å². The average molecular weight is 459 g/mol. The highest BCUT2D eigenvalue weighted by Crippen LogP contribution is 2.22. The van der Waals surface area contributed by atoms with Crippen LogP contribution in [0.25, 0.3) is 0 Å². The summed E-state index contributed by atoms with van der Waals surface area (Å²) in [7, 11) is -7.84. The highest BCUT2D eigenvalue weighted by atomic mass is 35.5. The lowest BCUT2D eigenvalue weighted by Gasteiger charge is -2.11. The van der Waals surface area contributed by atoms with Gasteiger partial charge >= 0.3 is 0 Å². The van der Waals surface area contributed by atoms with E-state index in [9.17, 15) is 16.8 Å². The summed E-state index contributed by atoms with van der Waals surface area (Å²) in [5, 5.41) is 0.319. The highest BCUT2D eigenvalue weighted by molar-refractivity contribution is 7.93. The van der Waals surface area contributed by atoms with Crippen molar-refractivity contribution in [2.45, 2.75) is 9.79 Å². The van der Waals surface area contributed by atoms with Crippen molar-refractivity contribution in [3.63, 3.8) is 0 Å². The molecule has 2 N–H and O–H groups in total. The van der Waals surface area contributed by atoms with E-state index < -0.39 is 20.0 Å². The van der Waals surface area contributed by atoms with Gasteiger partial charge < -0.3 is 0 Å². The van der Waals surface area contributed by atoms with Crippen molar-refractivity contribution in [3.05, 3.63) is 71.2 Å². The molecule has 2 aromatic heterocycles. The highest BCUT2D eigenvalue weighted by Gasteiger charge is 2.17. The quantitative estimate of drug-likeness (QED) is 0.546. The fraction of sp³-hybridized carbons (Fsp3) is 0. The lowest BCUT2D eigenvalue weighted by Crippen LogP contribution is -2.15. The molecule has 28 heavy (non-hydrogen) atoms. The maximum atomic E-state index is 12.4. The molecule has 0 spiro atoms. The summed E-state index contributed by atoms with van der Waals surface area (Å²) in [4.78, 5) is 7.29. The molecule has 12 heteroatoms. The first kappa shape index (κ1) is 20.3. The van der Waals surface area contributed by atoms with E-state index in [1.165, 1.54) is 48.5 Å². The summed E-state index contributed by atoms with van der Waals surface area (Å²) in [6.07, 6.45) is 2.23. The van der Waals surface area contributed by atoms with Crippen LogP contribution >= 0.6 is 23.2 Å². The second kappa shape index (κ2) is 7.92. The number of benzene rings is 1. The van der Waals surface area contributed by atoms with Crippen molar-refractivity contribution < 1.29 is 16.8 Å². The monoisotopic (exact) mass is 458 g/mol. The van der Waals surface area contributed by atoms with Gasteiger partial charge in [0.1, 0.15) is 20.1 Å². The van der Waals surface area contributed by atoms with Crippen LogP contribution in [0.2, 0.25) is 10.3 Å². The Bertz CT molecular complexity index is 1110. The molecule has 0 unspecified atom stereocenters. The molecule has 0 saturated carbocycles. The van der Waals surface area contributed by atoms with Gasteiger partial charge in [-0.3, -0.25) is 9.44 Å². The van der Waals surface area contributed by atoms with Gasteiger partial charge in [-0.15, -0.1) is 0 Å². The Balaban J connectivity index is 1.82. The normalized spacial score (nSPS) is 11.8. The Morgan fingerprint density at radius 2 is 1.11 bits per heavy atom. The fourth-order valence-electron chi connectivity index (χ4n) is 2.12. The maximum absolute atomic E-state index is 12.4. The molecule has 146 valence electrons. The summed E-state index contributed by atoms with van der Waals surface area (Å²) < 4.78 is 54.3. The van der Waals surface area contributed by atoms with Crippen LogP contribution in [-0.2, 0) is 20.0 Å². The van der Waals surface area contributed by atoms with E-state index in [1.807, 2.05) is 0 Å². The maximum Gasteiger partial charge on any atom is 0.263 e. The molecule has 3 aromatic rings. The number of anilines is 2. The lowest BCUT2D eigenvalue weighted by atomic mass is 10.3. The fourth-order valence-corrected chi connectivity index (χ4v) is 4.33. The Hall–Kier alpha value is -2.40. The Labute approximate surface area is 171 Å². The molecule has 1 aromatic carbocycles. The third-order valence-electron chi connectivity index (χ3n) is 3.39. The van der Waals surface area contributed by atoms with Crippen LogP contribution in [0.1, 0.15) is 0 Å². The molecule has 3 rings (SSSR count). The van der Waals surface area contributed by atoms with Gasteiger partial charge in [0.25, 0.3) is 20.0 Å². The standard InChI is InChI=1S/C16H12Cl2N4O4S2/c17-15-6-4-13(9-19-15)27(23,24)21-11-2-1-3-12(8-11)22-28(25,26)14-5-7-16(18)20-10-14/h1-10,21-22H. The molecule has 0 fully saturated rings. The van der Waals surface area contributed by atoms with Crippen LogP contribution in [0.3, 0.4) is 0 Å². The number of sulfonamides is 2. The minimum atomic E-state index is -3.92. The molecule has 0 amide bonds. The molecule has 0 aliphatic rings. The minimum Gasteiger partial charge on any atom is -0.280 e.